The van der Waals surface area contributed by atoms with E-state index in [4.69, 9.17) is 0 Å². The highest BCUT2D eigenvalue weighted by molar-refractivity contribution is 9.10. The van der Waals surface area contributed by atoms with Gasteiger partial charge in [0.25, 0.3) is 0 Å². The van der Waals surface area contributed by atoms with E-state index in [0.29, 0.717) is 19.6 Å². The summed E-state index contributed by atoms with van der Waals surface area (Å²) < 4.78 is 50.1. The van der Waals surface area contributed by atoms with E-state index in [0.717, 1.165) is 6.26 Å². The molecule has 1 atom stereocenters. The molecule has 1 aromatic rings. The first-order chi connectivity index (χ1) is 9.64. The van der Waals surface area contributed by atoms with Gasteiger partial charge in [-0.2, -0.15) is 4.31 Å². The molecule has 22 heavy (non-hydrogen) atoms. The zero-order chi connectivity index (χ0) is 15.8. The van der Waals surface area contributed by atoms with Crippen molar-refractivity contribution in [1.29, 1.82) is 0 Å². The minimum Gasteiger partial charge on any atom is -0.314 e. The molecule has 2 rings (SSSR count). The Labute approximate surface area is 145 Å². The van der Waals surface area contributed by atoms with Gasteiger partial charge < -0.3 is 5.32 Å². The molecule has 1 saturated heterocycles. The van der Waals surface area contributed by atoms with Crippen LogP contribution in [-0.2, 0) is 19.9 Å². The highest BCUT2D eigenvalue weighted by Gasteiger charge is 2.32. The Balaban J connectivity index is 0.00000242. The van der Waals surface area contributed by atoms with Gasteiger partial charge in [-0.05, 0) is 41.1 Å². The molecule has 1 heterocycles. The summed E-state index contributed by atoms with van der Waals surface area (Å²) >= 11 is 3.18. The van der Waals surface area contributed by atoms with Crippen LogP contribution in [0.2, 0.25) is 0 Å². The Morgan fingerprint density at radius 2 is 1.91 bits per heavy atom. The molecular weight excluding hydrogens is 416 g/mol. The summed E-state index contributed by atoms with van der Waals surface area (Å²) in [5.41, 5.74) is 0. The van der Waals surface area contributed by atoms with Gasteiger partial charge in [0.2, 0.25) is 10.0 Å². The minimum atomic E-state index is -3.65. The zero-order valence-corrected chi connectivity index (χ0v) is 16.1. The van der Waals surface area contributed by atoms with Crippen LogP contribution in [0, 0.1) is 0 Å². The van der Waals surface area contributed by atoms with Gasteiger partial charge >= 0.3 is 0 Å². The van der Waals surface area contributed by atoms with E-state index in [1.807, 2.05) is 6.92 Å². The predicted molar refractivity (Wildman–Crippen MR) is 90.7 cm³/mol. The summed E-state index contributed by atoms with van der Waals surface area (Å²) in [6.45, 7) is 3.42. The van der Waals surface area contributed by atoms with Crippen molar-refractivity contribution in [3.8, 4) is 0 Å². The van der Waals surface area contributed by atoms with Crippen LogP contribution in [0.15, 0.2) is 32.5 Å². The van der Waals surface area contributed by atoms with E-state index in [-0.39, 0.29) is 32.7 Å². The van der Waals surface area contributed by atoms with Gasteiger partial charge in [-0.15, -0.1) is 12.4 Å². The van der Waals surface area contributed by atoms with Crippen LogP contribution in [0.1, 0.15) is 6.92 Å². The summed E-state index contributed by atoms with van der Waals surface area (Å²) in [6, 6.07) is 3.84. The molecule has 0 bridgehead atoms. The second kappa shape index (κ2) is 7.14. The van der Waals surface area contributed by atoms with Crippen LogP contribution in [0.4, 0.5) is 0 Å². The highest BCUT2D eigenvalue weighted by Crippen LogP contribution is 2.29. The molecular formula is C12H18BrClN2O4S2. The van der Waals surface area contributed by atoms with Crippen molar-refractivity contribution in [3.63, 3.8) is 0 Å². The van der Waals surface area contributed by atoms with Gasteiger partial charge in [0.1, 0.15) is 0 Å². The maximum absolute atomic E-state index is 12.7. The van der Waals surface area contributed by atoms with Crippen molar-refractivity contribution < 1.29 is 16.8 Å². The highest BCUT2D eigenvalue weighted by atomic mass is 79.9. The molecule has 6 nitrogen and oxygen atoms in total. The molecule has 0 radical (unpaired) electrons. The number of halogens is 2. The van der Waals surface area contributed by atoms with Gasteiger partial charge in [-0.3, -0.25) is 0 Å². The first-order valence-electron chi connectivity index (χ1n) is 6.36. The molecule has 1 aliphatic rings. The second-order valence-corrected chi connectivity index (χ2v) is 9.76. The Morgan fingerprint density at radius 1 is 1.27 bits per heavy atom. The number of hydrogen-bond donors (Lipinski definition) is 1. The normalized spacial score (nSPS) is 20.4. The summed E-state index contributed by atoms with van der Waals surface area (Å²) in [7, 11) is -7.02. The average Bonchev–Trinajstić information content (AvgIpc) is 2.37. The third kappa shape index (κ3) is 4.01. The maximum atomic E-state index is 12.7. The van der Waals surface area contributed by atoms with Gasteiger partial charge in [0.05, 0.1) is 9.79 Å². The van der Waals surface area contributed by atoms with E-state index in [9.17, 15) is 16.8 Å². The van der Waals surface area contributed by atoms with E-state index >= 15 is 0 Å². The first kappa shape index (κ1) is 19.9. The lowest BCUT2D eigenvalue weighted by Gasteiger charge is -2.33. The molecule has 1 aromatic carbocycles. The van der Waals surface area contributed by atoms with Crippen LogP contribution in [0.3, 0.4) is 0 Å². The standard InChI is InChI=1S/C12H17BrN2O4S2.ClH/c1-9-8-14-5-6-15(9)21(18,19)12-4-3-10(7-11(12)13)20(2,16)17;/h3-4,7,9,14H,5-6,8H2,1-2H3;1H. The fraction of sp³-hybridized carbons (Fsp3) is 0.500. The number of nitrogens with one attached hydrogen (secondary N) is 1. The Bertz CT molecular complexity index is 752. The number of sulfonamides is 1. The third-order valence-electron chi connectivity index (χ3n) is 3.36. The van der Waals surface area contributed by atoms with Crippen LogP contribution < -0.4 is 5.32 Å². The largest absolute Gasteiger partial charge is 0.314 e. The molecule has 0 spiro atoms. The van der Waals surface area contributed by atoms with Crippen molar-refractivity contribution in [2.24, 2.45) is 0 Å². The lowest BCUT2D eigenvalue weighted by Crippen LogP contribution is -2.52. The monoisotopic (exact) mass is 432 g/mol. The lowest BCUT2D eigenvalue weighted by molar-refractivity contribution is 0.283. The van der Waals surface area contributed by atoms with Crippen LogP contribution in [-0.4, -0.2) is 53.1 Å². The average molecular weight is 434 g/mol. The number of piperazine rings is 1. The summed E-state index contributed by atoms with van der Waals surface area (Å²) in [5, 5.41) is 3.13. The van der Waals surface area contributed by atoms with Crippen LogP contribution in [0.5, 0.6) is 0 Å². The van der Waals surface area contributed by atoms with Crippen molar-refractivity contribution in [3.05, 3.63) is 22.7 Å². The van der Waals surface area contributed by atoms with Crippen molar-refractivity contribution >= 4 is 48.2 Å². The molecule has 1 aliphatic heterocycles. The summed E-state index contributed by atoms with van der Waals surface area (Å²) in [5.74, 6) is 0. The topological polar surface area (TPSA) is 83.6 Å². The third-order valence-corrected chi connectivity index (χ3v) is 7.46. The van der Waals surface area contributed by atoms with E-state index in [1.54, 1.807) is 0 Å². The maximum Gasteiger partial charge on any atom is 0.244 e. The Hall–Kier alpha value is -0.190. The molecule has 0 saturated carbocycles. The smallest absolute Gasteiger partial charge is 0.244 e. The van der Waals surface area contributed by atoms with Crippen LogP contribution >= 0.6 is 28.3 Å². The first-order valence-corrected chi connectivity index (χ1v) is 10.5. The number of nitrogens with zero attached hydrogens (tertiary/aromatic N) is 1. The van der Waals surface area contributed by atoms with Crippen molar-refractivity contribution in [2.45, 2.75) is 22.8 Å². The number of rotatable bonds is 3. The number of sulfone groups is 1. The molecule has 1 unspecified atom stereocenters. The predicted octanol–water partition coefficient (Wildman–Crippen LogP) is 1.26. The molecule has 10 heteroatoms. The molecule has 0 amide bonds. The Morgan fingerprint density at radius 3 is 2.41 bits per heavy atom. The van der Waals surface area contributed by atoms with Gasteiger partial charge in [-0.1, -0.05) is 0 Å². The molecule has 1 fully saturated rings. The van der Waals surface area contributed by atoms with E-state index in [2.05, 4.69) is 21.2 Å². The molecule has 126 valence electrons. The van der Waals surface area contributed by atoms with Gasteiger partial charge in [0, 0.05) is 36.4 Å². The van der Waals surface area contributed by atoms with E-state index < -0.39 is 19.9 Å². The number of benzene rings is 1. The fourth-order valence-corrected chi connectivity index (χ4v) is 5.70. The number of hydrogen-bond acceptors (Lipinski definition) is 5. The quantitative estimate of drug-likeness (QED) is 0.776. The summed E-state index contributed by atoms with van der Waals surface area (Å²) in [6.07, 6.45) is 1.08. The second-order valence-electron chi connectivity index (χ2n) is 5.03. The molecule has 0 aliphatic carbocycles. The fourth-order valence-electron chi connectivity index (χ4n) is 2.23. The Kier molecular flexibility index (Phi) is 6.45. The lowest BCUT2D eigenvalue weighted by atomic mass is 10.3. The molecule has 0 aromatic heterocycles. The van der Waals surface area contributed by atoms with Gasteiger partial charge in [0.15, 0.2) is 9.84 Å². The van der Waals surface area contributed by atoms with Crippen molar-refractivity contribution in [1.82, 2.24) is 9.62 Å². The zero-order valence-electron chi connectivity index (χ0n) is 12.1. The van der Waals surface area contributed by atoms with E-state index in [1.165, 1.54) is 22.5 Å². The summed E-state index contributed by atoms with van der Waals surface area (Å²) in [4.78, 5) is 0.172. The van der Waals surface area contributed by atoms with Crippen molar-refractivity contribution in [2.75, 3.05) is 25.9 Å². The SMILES string of the molecule is CC1CNCCN1S(=O)(=O)c1ccc(S(C)(=O)=O)cc1Br.Cl. The minimum absolute atomic E-state index is 0. The van der Waals surface area contributed by atoms with Gasteiger partial charge in [-0.25, -0.2) is 16.8 Å². The molecule has 1 N–H and O–H groups in total. The van der Waals surface area contributed by atoms with Crippen LogP contribution in [0.25, 0.3) is 0 Å².